The Morgan fingerprint density at radius 2 is 2.00 bits per heavy atom. The Balaban J connectivity index is 0.000000845. The molecule has 1 aromatic rings. The van der Waals surface area contributed by atoms with Crippen LogP contribution in [0.25, 0.3) is 5.32 Å². The number of carbonyl (C=O) groups excluding carboxylic acids is 1. The van der Waals surface area contributed by atoms with Gasteiger partial charge in [-0.3, -0.25) is 0 Å². The molecular formula is C9H8BKNOS-. The van der Waals surface area contributed by atoms with E-state index < -0.39 is 0 Å². The molecule has 1 unspecified atom stereocenters. The summed E-state index contributed by atoms with van der Waals surface area (Å²) in [6.07, 6.45) is 0. The average Bonchev–Trinajstić information content (AvgIpc) is 2.04. The molecule has 5 heteroatoms. The molecule has 0 fully saturated rings. The third-order valence-electron chi connectivity index (χ3n) is 1.71. The van der Waals surface area contributed by atoms with Crippen molar-refractivity contribution in [3.8, 4) is 0 Å². The second-order valence-corrected chi connectivity index (χ2v) is 4.01. The van der Waals surface area contributed by atoms with Gasteiger partial charge in [0.25, 0.3) is 0 Å². The van der Waals surface area contributed by atoms with Crippen molar-refractivity contribution in [1.82, 2.24) is 0 Å². The van der Waals surface area contributed by atoms with Crippen molar-refractivity contribution in [3.05, 3.63) is 35.1 Å². The maximum Gasteiger partial charge on any atom is 1.00 e. The monoisotopic (exact) mass is 228 g/mol. The number of carbonyl (C=O) groups is 1. The van der Waals surface area contributed by atoms with E-state index in [4.69, 9.17) is 0 Å². The Hall–Kier alpha value is 0.741. The fourth-order valence-corrected chi connectivity index (χ4v) is 2.15. The third kappa shape index (κ3) is 3.12. The van der Waals surface area contributed by atoms with E-state index in [1.54, 1.807) is 11.8 Å². The topological polar surface area (TPSA) is 31.2 Å². The molecule has 1 heterocycles. The van der Waals surface area contributed by atoms with Crippen LogP contribution in [0, 0.1) is 0 Å². The van der Waals surface area contributed by atoms with Gasteiger partial charge in [0.2, 0.25) is 0 Å². The number of nitrogens with zero attached hydrogens (tertiary/aromatic N) is 1. The Morgan fingerprint density at radius 3 is 2.71 bits per heavy atom. The van der Waals surface area contributed by atoms with Gasteiger partial charge in [0.1, 0.15) is 0 Å². The van der Waals surface area contributed by atoms with Crippen molar-refractivity contribution in [2.75, 3.05) is 0 Å². The minimum atomic E-state index is -0.0862. The molecular weight excluding hydrogens is 220 g/mol. The second-order valence-electron chi connectivity index (χ2n) is 2.65. The minimum absolute atomic E-state index is 0. The molecule has 2 nitrogen and oxygen atoms in total. The molecule has 1 atom stereocenters. The summed E-state index contributed by atoms with van der Waals surface area (Å²) in [5.74, 6) is -0.0862. The average molecular weight is 228 g/mol. The van der Waals surface area contributed by atoms with Gasteiger partial charge in [0.05, 0.1) is 5.91 Å². The van der Waals surface area contributed by atoms with Crippen LogP contribution in [0.5, 0.6) is 0 Å². The van der Waals surface area contributed by atoms with Crippen LogP contribution in [-0.2, 0) is 0 Å². The molecule has 1 aromatic carbocycles. The largest absolute Gasteiger partial charge is 1.00 e. The molecule has 0 aromatic heterocycles. The van der Waals surface area contributed by atoms with E-state index in [9.17, 15) is 4.79 Å². The van der Waals surface area contributed by atoms with Gasteiger partial charge in [-0.2, -0.15) is 0 Å². The van der Waals surface area contributed by atoms with E-state index in [0.717, 1.165) is 10.5 Å². The van der Waals surface area contributed by atoms with Crippen LogP contribution in [-0.4, -0.2) is 19.7 Å². The van der Waals surface area contributed by atoms with E-state index in [0.29, 0.717) is 0 Å². The van der Waals surface area contributed by atoms with Gasteiger partial charge < -0.3 is 18.5 Å². The molecule has 0 saturated heterocycles. The molecule has 1 amide bonds. The standard InChI is InChI=1S/C9H9NOS.B.K/c1-6-10-9(11)7-4-2-3-5-8(7)12-6;;/h2-6H,1H3,(H,10,11);;/q;-1;+1/p-1. The number of rotatable bonds is 0. The number of benzene rings is 1. The molecule has 0 spiro atoms. The SMILES string of the molecule is CC1[N-]C(=O)c2ccccc2S1.[B-].[K+]. The van der Waals surface area contributed by atoms with Crippen molar-refractivity contribution in [1.29, 1.82) is 0 Å². The predicted octanol–water partition coefficient (Wildman–Crippen LogP) is -0.725. The van der Waals surface area contributed by atoms with E-state index in [1.807, 2.05) is 31.2 Å². The third-order valence-corrected chi connectivity index (χ3v) is 2.77. The number of hydrogen-bond donors (Lipinski definition) is 0. The summed E-state index contributed by atoms with van der Waals surface area (Å²) in [6, 6.07) is 7.59. The van der Waals surface area contributed by atoms with E-state index >= 15 is 0 Å². The maximum atomic E-state index is 11.3. The van der Waals surface area contributed by atoms with Gasteiger partial charge in [-0.05, 0) is 6.07 Å². The molecule has 14 heavy (non-hydrogen) atoms. The number of fused-ring (bicyclic) bond motifs is 1. The van der Waals surface area contributed by atoms with Gasteiger partial charge in [0, 0.05) is 10.5 Å². The van der Waals surface area contributed by atoms with Crippen LogP contribution in [0.2, 0.25) is 0 Å². The molecule has 4 radical (unpaired) electrons. The molecule has 0 aliphatic carbocycles. The number of hydrogen-bond acceptors (Lipinski definition) is 2. The zero-order valence-electron chi connectivity index (χ0n) is 8.23. The Labute approximate surface area is 133 Å². The molecule has 0 N–H and O–H groups in total. The normalized spacial score (nSPS) is 18.4. The van der Waals surface area contributed by atoms with Crippen LogP contribution >= 0.6 is 11.8 Å². The molecule has 0 bridgehead atoms. The van der Waals surface area contributed by atoms with Crippen molar-refractivity contribution >= 4 is 26.1 Å². The van der Waals surface area contributed by atoms with Crippen molar-refractivity contribution in [2.45, 2.75) is 17.2 Å². The van der Waals surface area contributed by atoms with Crippen molar-refractivity contribution < 1.29 is 56.2 Å². The van der Waals surface area contributed by atoms with Crippen LogP contribution in [0.3, 0.4) is 0 Å². The summed E-state index contributed by atoms with van der Waals surface area (Å²) in [5.41, 5.74) is 0.737. The summed E-state index contributed by atoms with van der Waals surface area (Å²) < 4.78 is 0. The number of thioether (sulfide) groups is 1. The van der Waals surface area contributed by atoms with E-state index in [1.165, 1.54) is 0 Å². The van der Waals surface area contributed by atoms with Crippen molar-refractivity contribution in [3.63, 3.8) is 0 Å². The fourth-order valence-electron chi connectivity index (χ4n) is 1.19. The Bertz CT molecular complexity index is 334. The summed E-state index contributed by atoms with van der Waals surface area (Å²) in [7, 11) is 0. The van der Waals surface area contributed by atoms with Gasteiger partial charge in [-0.25, -0.2) is 0 Å². The molecule has 0 saturated carbocycles. The maximum absolute atomic E-state index is 11.3. The first-order valence-corrected chi connectivity index (χ1v) is 4.66. The molecule has 66 valence electrons. The summed E-state index contributed by atoms with van der Waals surface area (Å²) in [6.45, 7) is 1.93. The number of amides is 1. The zero-order valence-corrected chi connectivity index (χ0v) is 12.2. The quantitative estimate of drug-likeness (QED) is 0.548. The molecule has 1 aliphatic heterocycles. The van der Waals surface area contributed by atoms with Gasteiger partial charge in [-0.15, -0.1) is 11.8 Å². The molecule has 1 aliphatic rings. The van der Waals surface area contributed by atoms with E-state index in [2.05, 4.69) is 5.32 Å². The summed E-state index contributed by atoms with van der Waals surface area (Å²) in [4.78, 5) is 12.4. The van der Waals surface area contributed by atoms with Gasteiger partial charge in [0.15, 0.2) is 0 Å². The van der Waals surface area contributed by atoms with Crippen LogP contribution < -0.4 is 51.4 Å². The first-order chi connectivity index (χ1) is 5.77. The first-order valence-electron chi connectivity index (χ1n) is 3.78. The van der Waals surface area contributed by atoms with Crippen LogP contribution in [0.15, 0.2) is 29.2 Å². The van der Waals surface area contributed by atoms with Crippen LogP contribution in [0.4, 0.5) is 0 Å². The van der Waals surface area contributed by atoms with Crippen LogP contribution in [0.1, 0.15) is 17.3 Å². The molecule has 2 rings (SSSR count). The van der Waals surface area contributed by atoms with Crippen molar-refractivity contribution in [2.24, 2.45) is 0 Å². The predicted molar refractivity (Wildman–Crippen MR) is 55.2 cm³/mol. The first kappa shape index (κ1) is 14.7. The Morgan fingerprint density at radius 1 is 1.36 bits per heavy atom. The smallest absolute Gasteiger partial charge is 1.00 e. The van der Waals surface area contributed by atoms with Gasteiger partial charge >= 0.3 is 51.4 Å². The fraction of sp³-hybridized carbons (Fsp3) is 0.222. The minimum Gasteiger partial charge on any atom is -1.00 e. The Kier molecular flexibility index (Phi) is 6.69. The van der Waals surface area contributed by atoms with Gasteiger partial charge in [-0.1, -0.05) is 30.5 Å². The summed E-state index contributed by atoms with van der Waals surface area (Å²) in [5, 5.41) is 4.01. The summed E-state index contributed by atoms with van der Waals surface area (Å²) >= 11 is 1.63. The van der Waals surface area contributed by atoms with E-state index in [-0.39, 0.29) is 71.1 Å². The second kappa shape index (κ2) is 6.35. The zero-order chi connectivity index (χ0) is 8.55.